The number of anilines is 1. The van der Waals surface area contributed by atoms with Crippen LogP contribution in [0.25, 0.3) is 16.6 Å². The van der Waals surface area contributed by atoms with E-state index in [0.717, 1.165) is 50.4 Å². The summed E-state index contributed by atoms with van der Waals surface area (Å²) in [5.41, 5.74) is 0.377. The Hall–Kier alpha value is -4.52. The largest absolute Gasteiger partial charge is 1.00 e. The van der Waals surface area contributed by atoms with Gasteiger partial charge in [-0.05, 0) is 50.5 Å². The topological polar surface area (TPSA) is 73.9 Å². The highest BCUT2D eigenvalue weighted by molar-refractivity contribution is 6.07. The molecule has 0 saturated heterocycles. The molecule has 0 saturated carbocycles. The summed E-state index contributed by atoms with van der Waals surface area (Å²) >= 11 is 0. The van der Waals surface area contributed by atoms with Crippen LogP contribution in [0.4, 0.5) is 14.5 Å². The molecule has 8 nitrogen and oxygen atoms in total. The second-order valence-electron chi connectivity index (χ2n) is 11.0. The van der Waals surface area contributed by atoms with Gasteiger partial charge in [-0.3, -0.25) is 9.59 Å². The molecule has 2 heterocycles. The number of unbranched alkanes of at least 4 members (excludes halogenated alkanes) is 3. The normalized spacial score (nSPS) is 10.8. The van der Waals surface area contributed by atoms with Gasteiger partial charge in [-0.2, -0.15) is 0 Å². The molecular weight excluding hydrogens is 731 g/mol. The second-order valence-corrected chi connectivity index (χ2v) is 11.0. The Kier molecular flexibility index (Phi) is 12.9. The first-order chi connectivity index (χ1) is 22.8. The van der Waals surface area contributed by atoms with Crippen LogP contribution < -0.4 is 53.1 Å². The first kappa shape index (κ1) is 36.3. The maximum atomic E-state index is 14.1. The highest BCUT2D eigenvalue weighted by atomic mass is 127. The molecule has 5 rings (SSSR count). The van der Waals surface area contributed by atoms with Gasteiger partial charge >= 0.3 is 0 Å². The average molecular weight is 770 g/mol. The fraction of sp³-hybridized carbons (Fsp3) is 0.270. The number of aromatic nitrogens is 2. The summed E-state index contributed by atoms with van der Waals surface area (Å²) in [6.07, 6.45) is 9.61. The van der Waals surface area contributed by atoms with E-state index in [-0.39, 0.29) is 47.2 Å². The van der Waals surface area contributed by atoms with Gasteiger partial charge in [0, 0.05) is 72.7 Å². The van der Waals surface area contributed by atoms with Crippen molar-refractivity contribution in [1.29, 1.82) is 0 Å². The summed E-state index contributed by atoms with van der Waals surface area (Å²) in [6.45, 7) is 3.22. The highest BCUT2D eigenvalue weighted by Gasteiger charge is 2.24. The second kappa shape index (κ2) is 17.0. The number of ether oxygens (including phenoxy) is 3. The predicted octanol–water partition coefficient (Wildman–Crippen LogP) is 3.88. The first-order valence-corrected chi connectivity index (χ1v) is 15.6. The minimum Gasteiger partial charge on any atom is -1.00 e. The van der Waals surface area contributed by atoms with Crippen LogP contribution in [0.2, 0.25) is 0 Å². The van der Waals surface area contributed by atoms with Crippen molar-refractivity contribution in [1.82, 2.24) is 4.57 Å². The van der Waals surface area contributed by atoms with E-state index in [9.17, 15) is 18.4 Å². The van der Waals surface area contributed by atoms with E-state index in [0.29, 0.717) is 35.1 Å². The number of halogens is 3. The molecule has 252 valence electrons. The number of methoxy groups -OCH3 is 2. The number of hydrogen-bond acceptors (Lipinski definition) is 5. The molecule has 2 aromatic heterocycles. The van der Waals surface area contributed by atoms with Crippen molar-refractivity contribution in [3.8, 4) is 22.9 Å². The number of amides is 1. The lowest BCUT2D eigenvalue weighted by Gasteiger charge is -2.22. The summed E-state index contributed by atoms with van der Waals surface area (Å²) in [5.74, 6) is -0.775. The number of fused-ring (bicyclic) bond motifs is 1. The van der Waals surface area contributed by atoms with Gasteiger partial charge in [0.05, 0.1) is 32.0 Å². The molecule has 0 atom stereocenters. The Labute approximate surface area is 295 Å². The van der Waals surface area contributed by atoms with Crippen LogP contribution in [-0.2, 0) is 6.54 Å². The van der Waals surface area contributed by atoms with E-state index in [2.05, 4.69) is 17.0 Å². The third-order valence-corrected chi connectivity index (χ3v) is 7.90. The first-order valence-electron chi connectivity index (χ1n) is 15.6. The number of carbonyl (C=O) groups excluding carboxylic acids is 1. The number of carbonyl (C=O) groups is 1. The van der Waals surface area contributed by atoms with E-state index in [1.165, 1.54) is 25.3 Å². The summed E-state index contributed by atoms with van der Waals surface area (Å²) in [7, 11) is 3.06. The van der Waals surface area contributed by atoms with Gasteiger partial charge in [0.25, 0.3) is 5.91 Å². The maximum absolute atomic E-state index is 14.1. The number of hydrogen-bond donors (Lipinski definition) is 0. The van der Waals surface area contributed by atoms with Crippen LogP contribution in [0.3, 0.4) is 0 Å². The molecule has 5 aromatic rings. The lowest BCUT2D eigenvalue weighted by molar-refractivity contribution is -0.697. The third-order valence-electron chi connectivity index (χ3n) is 7.90. The number of rotatable bonds is 14. The van der Waals surface area contributed by atoms with Crippen molar-refractivity contribution in [2.24, 2.45) is 0 Å². The molecule has 0 fully saturated rings. The van der Waals surface area contributed by atoms with E-state index in [1.807, 2.05) is 18.2 Å². The molecule has 0 aliphatic rings. The molecule has 1 amide bonds. The molecule has 48 heavy (non-hydrogen) atoms. The Bertz CT molecular complexity index is 1880. The molecule has 0 bridgehead atoms. The molecule has 0 aliphatic carbocycles. The highest BCUT2D eigenvalue weighted by Crippen LogP contribution is 2.29. The lowest BCUT2D eigenvalue weighted by atomic mass is 10.1. The van der Waals surface area contributed by atoms with E-state index in [1.54, 1.807) is 47.9 Å². The fourth-order valence-corrected chi connectivity index (χ4v) is 5.50. The van der Waals surface area contributed by atoms with Gasteiger partial charge < -0.3 is 47.7 Å². The zero-order valence-electron chi connectivity index (χ0n) is 27.1. The summed E-state index contributed by atoms with van der Waals surface area (Å²) in [5, 5.41) is 0.268. The van der Waals surface area contributed by atoms with Crippen molar-refractivity contribution in [3.05, 3.63) is 119 Å². The van der Waals surface area contributed by atoms with Crippen LogP contribution in [0, 0.1) is 11.6 Å². The predicted molar refractivity (Wildman–Crippen MR) is 177 cm³/mol. The zero-order chi connectivity index (χ0) is 33.3. The standard InChI is InChI=1S/C37H38F2N3O5.HI/c1-4-41(28-19-26(38)18-27(39)20-28)37(44)34-25-42(29-21-31(45-2)23-32(22-29)46-3)35-24-30(12-13-33(35)36(34)43)47-17-11-6-5-8-14-40-15-9-7-10-16-40;/h7,9-10,12-13,15-16,18-25H,4-6,8,11,14,17H2,1-3H3;1H/q+1;/p-1. The Morgan fingerprint density at radius 3 is 2.15 bits per heavy atom. The van der Waals surface area contributed by atoms with Crippen LogP contribution in [0.15, 0.2) is 96.2 Å². The van der Waals surface area contributed by atoms with Gasteiger partial charge in [-0.25, -0.2) is 13.3 Å². The van der Waals surface area contributed by atoms with Crippen molar-refractivity contribution < 1.29 is 56.3 Å². The van der Waals surface area contributed by atoms with Gasteiger partial charge in [0.2, 0.25) is 5.43 Å². The van der Waals surface area contributed by atoms with Gasteiger partial charge in [-0.1, -0.05) is 6.07 Å². The molecule has 0 N–H and O–H groups in total. The van der Waals surface area contributed by atoms with E-state index >= 15 is 0 Å². The van der Waals surface area contributed by atoms with Crippen LogP contribution in [0.1, 0.15) is 43.0 Å². The van der Waals surface area contributed by atoms with Crippen molar-refractivity contribution >= 4 is 22.5 Å². The number of pyridine rings is 2. The Balaban J connectivity index is 0.00000520. The minimum absolute atomic E-state index is 0. The van der Waals surface area contributed by atoms with Gasteiger partial charge in [-0.15, -0.1) is 0 Å². The summed E-state index contributed by atoms with van der Waals surface area (Å²) < 4.78 is 49.1. The van der Waals surface area contributed by atoms with Crippen LogP contribution in [0.5, 0.6) is 17.2 Å². The SMILES string of the molecule is CCN(C(=O)c1cn(-c2cc(OC)cc(OC)c2)c2cc(OCCCCCC[n+]3ccccc3)ccc2c1=O)c1cc(F)cc(F)c1.[I-]. The van der Waals surface area contributed by atoms with E-state index in [4.69, 9.17) is 14.2 Å². The zero-order valence-corrected chi connectivity index (χ0v) is 29.3. The number of benzene rings is 3. The van der Waals surface area contributed by atoms with Crippen molar-refractivity contribution in [2.75, 3.05) is 32.3 Å². The summed E-state index contributed by atoms with van der Waals surface area (Å²) in [4.78, 5) is 28.9. The van der Waals surface area contributed by atoms with Crippen molar-refractivity contribution in [2.45, 2.75) is 39.2 Å². The molecule has 0 aliphatic heterocycles. The maximum Gasteiger partial charge on any atom is 0.263 e. The quantitative estimate of drug-likeness (QED) is 0.0976. The monoisotopic (exact) mass is 769 g/mol. The molecule has 0 spiro atoms. The molecule has 3 aromatic carbocycles. The van der Waals surface area contributed by atoms with Gasteiger partial charge in [0.15, 0.2) is 12.4 Å². The summed E-state index contributed by atoms with van der Waals surface area (Å²) in [6, 6.07) is 19.2. The van der Waals surface area contributed by atoms with Crippen LogP contribution >= 0.6 is 0 Å². The fourth-order valence-electron chi connectivity index (χ4n) is 5.50. The number of aryl methyl sites for hydroxylation is 1. The van der Waals surface area contributed by atoms with Crippen LogP contribution in [-0.4, -0.2) is 37.8 Å². The van der Waals surface area contributed by atoms with E-state index < -0.39 is 23.0 Å². The average Bonchev–Trinajstić information content (AvgIpc) is 3.08. The van der Waals surface area contributed by atoms with Gasteiger partial charge in [0.1, 0.15) is 41.0 Å². The Morgan fingerprint density at radius 1 is 0.833 bits per heavy atom. The molecular formula is C37H38F2IN3O5. The third kappa shape index (κ3) is 8.68. The Morgan fingerprint density at radius 2 is 1.50 bits per heavy atom. The lowest BCUT2D eigenvalue weighted by Crippen LogP contribution is -3.00. The minimum atomic E-state index is -0.829. The molecule has 11 heteroatoms. The molecule has 0 radical (unpaired) electrons. The van der Waals surface area contributed by atoms with Crippen molar-refractivity contribution in [3.63, 3.8) is 0 Å². The molecule has 0 unspecified atom stereocenters. The smallest absolute Gasteiger partial charge is 0.263 e. The number of nitrogens with zero attached hydrogens (tertiary/aromatic N) is 3.